The van der Waals surface area contributed by atoms with Gasteiger partial charge in [0.05, 0.1) is 12.5 Å². The number of aromatic nitrogens is 5. The first-order valence-corrected chi connectivity index (χ1v) is 10.1. The Balaban J connectivity index is 1.54. The van der Waals surface area contributed by atoms with Gasteiger partial charge in [0, 0.05) is 64.8 Å². The molecule has 2 atom stereocenters. The minimum Gasteiger partial charge on any atom is -0.466 e. The van der Waals surface area contributed by atoms with E-state index in [9.17, 15) is 9.59 Å². The van der Waals surface area contributed by atoms with Crippen molar-refractivity contribution in [3.05, 3.63) is 30.6 Å². The molecule has 11 nitrogen and oxygen atoms in total. The molecule has 4 rings (SSSR count). The molecule has 0 N–H and O–H groups in total. The summed E-state index contributed by atoms with van der Waals surface area (Å²) in [5.41, 5.74) is 0. The van der Waals surface area contributed by atoms with Crippen LogP contribution < -0.4 is 4.90 Å². The molecule has 0 spiro atoms. The quantitative estimate of drug-likeness (QED) is 0.608. The molecule has 2 aromatic rings. The molecule has 0 radical (unpaired) electrons. The van der Waals surface area contributed by atoms with Gasteiger partial charge in [-0.05, 0) is 13.0 Å². The minimum absolute atomic E-state index is 0.0367. The third-order valence-electron chi connectivity index (χ3n) is 5.46. The number of piperazine rings is 1. The van der Waals surface area contributed by atoms with E-state index in [-0.39, 0.29) is 29.7 Å². The molecular weight excluding hydrogens is 388 g/mol. The number of nitrogens with zero attached hydrogens (tertiary/aromatic N) is 8. The molecule has 2 unspecified atom stereocenters. The molecule has 0 saturated carbocycles. The third kappa shape index (κ3) is 4.25. The summed E-state index contributed by atoms with van der Waals surface area (Å²) in [6.07, 6.45) is 4.90. The van der Waals surface area contributed by atoms with Gasteiger partial charge in [0.2, 0.25) is 11.8 Å². The molecule has 2 saturated heterocycles. The zero-order chi connectivity index (χ0) is 21.1. The highest BCUT2D eigenvalue weighted by Gasteiger charge is 2.39. The van der Waals surface area contributed by atoms with Gasteiger partial charge in [0.25, 0.3) is 5.91 Å². The predicted molar refractivity (Wildman–Crippen MR) is 107 cm³/mol. The van der Waals surface area contributed by atoms with Crippen LogP contribution in [0, 0.1) is 5.92 Å². The van der Waals surface area contributed by atoms with E-state index in [0.717, 1.165) is 0 Å². The predicted octanol–water partition coefficient (Wildman–Crippen LogP) is -0.569. The number of ether oxygens (including phenoxy) is 1. The van der Waals surface area contributed by atoms with Gasteiger partial charge < -0.3 is 14.5 Å². The second-order valence-electron chi connectivity index (χ2n) is 7.54. The number of carbonyl (C=O) groups excluding carboxylic acids is 2. The minimum atomic E-state index is -0.307. The fourth-order valence-electron chi connectivity index (χ4n) is 4.03. The van der Waals surface area contributed by atoms with Crippen molar-refractivity contribution >= 4 is 17.8 Å². The van der Waals surface area contributed by atoms with E-state index in [1.54, 1.807) is 30.4 Å². The molecule has 0 bridgehead atoms. The van der Waals surface area contributed by atoms with Crippen LogP contribution in [-0.4, -0.2) is 98.3 Å². The molecule has 160 valence electrons. The molecule has 30 heavy (non-hydrogen) atoms. The van der Waals surface area contributed by atoms with E-state index < -0.39 is 0 Å². The molecule has 1 amide bonds. The van der Waals surface area contributed by atoms with Crippen molar-refractivity contribution in [1.82, 2.24) is 34.5 Å². The summed E-state index contributed by atoms with van der Waals surface area (Å²) in [5, 5.41) is 4.14. The second kappa shape index (κ2) is 8.74. The van der Waals surface area contributed by atoms with Crippen molar-refractivity contribution in [1.29, 1.82) is 0 Å². The van der Waals surface area contributed by atoms with Crippen molar-refractivity contribution in [2.75, 3.05) is 50.8 Å². The van der Waals surface area contributed by atoms with Crippen molar-refractivity contribution in [2.24, 2.45) is 13.0 Å². The van der Waals surface area contributed by atoms with Gasteiger partial charge in [0.15, 0.2) is 0 Å². The first-order valence-electron chi connectivity index (χ1n) is 10.1. The number of rotatable bonds is 4. The molecule has 2 aromatic heterocycles. The molecule has 2 fully saturated rings. The molecule has 0 aromatic carbocycles. The Hall–Kier alpha value is -3.08. The SMILES string of the molecule is CCOC(=O)C1CN(c2ncccn2)CC2CN(C(=O)c3ncn(C)n3)CCN2C1. The molecule has 2 aliphatic rings. The van der Waals surface area contributed by atoms with Crippen molar-refractivity contribution in [3.63, 3.8) is 0 Å². The molecule has 4 heterocycles. The van der Waals surface area contributed by atoms with E-state index in [1.165, 1.54) is 11.0 Å². The van der Waals surface area contributed by atoms with Crippen LogP contribution in [0.2, 0.25) is 0 Å². The summed E-state index contributed by atoms with van der Waals surface area (Å²) in [4.78, 5) is 44.3. The van der Waals surface area contributed by atoms with E-state index in [1.807, 2.05) is 11.8 Å². The topological polar surface area (TPSA) is 110 Å². The highest BCUT2D eigenvalue weighted by molar-refractivity contribution is 5.90. The number of fused-ring (bicyclic) bond motifs is 1. The fraction of sp³-hybridized carbons (Fsp3) is 0.579. The van der Waals surface area contributed by atoms with Gasteiger partial charge in [-0.15, -0.1) is 5.10 Å². The number of carbonyl (C=O) groups is 2. The van der Waals surface area contributed by atoms with Gasteiger partial charge in [0.1, 0.15) is 6.33 Å². The smallest absolute Gasteiger partial charge is 0.312 e. The van der Waals surface area contributed by atoms with E-state index >= 15 is 0 Å². The normalized spacial score (nSPS) is 22.3. The van der Waals surface area contributed by atoms with Crippen molar-refractivity contribution in [3.8, 4) is 0 Å². The van der Waals surface area contributed by atoms with Crippen LogP contribution in [0.4, 0.5) is 5.95 Å². The summed E-state index contributed by atoms with van der Waals surface area (Å²) in [7, 11) is 1.74. The highest BCUT2D eigenvalue weighted by Crippen LogP contribution is 2.22. The van der Waals surface area contributed by atoms with E-state index in [0.29, 0.717) is 51.8 Å². The Morgan fingerprint density at radius 3 is 2.60 bits per heavy atom. The molecule has 0 aliphatic carbocycles. The standard InChI is InChI=1S/C19H26N8O3/c1-3-30-18(29)14-9-25-7-8-26(17(28)16-22-13-24(2)23-16)11-15(25)12-27(10-14)19-20-5-4-6-21-19/h4-6,13-15H,3,7-12H2,1-2H3. The number of anilines is 1. The van der Waals surface area contributed by atoms with Crippen LogP contribution in [0.25, 0.3) is 0 Å². The van der Waals surface area contributed by atoms with Crippen LogP contribution in [0.15, 0.2) is 24.8 Å². The molecule has 11 heteroatoms. The van der Waals surface area contributed by atoms with Gasteiger partial charge in [-0.1, -0.05) is 0 Å². The first kappa shape index (κ1) is 20.2. The highest BCUT2D eigenvalue weighted by atomic mass is 16.5. The van der Waals surface area contributed by atoms with E-state index in [4.69, 9.17) is 4.74 Å². The Kier molecular flexibility index (Phi) is 5.88. The Morgan fingerprint density at radius 1 is 1.10 bits per heavy atom. The fourth-order valence-corrected chi connectivity index (χ4v) is 4.03. The number of hydrogen-bond donors (Lipinski definition) is 0. The largest absolute Gasteiger partial charge is 0.466 e. The van der Waals surface area contributed by atoms with Gasteiger partial charge in [-0.25, -0.2) is 15.0 Å². The van der Waals surface area contributed by atoms with Gasteiger partial charge >= 0.3 is 5.97 Å². The zero-order valence-corrected chi connectivity index (χ0v) is 17.2. The van der Waals surface area contributed by atoms with Crippen LogP contribution in [0.1, 0.15) is 17.5 Å². The van der Waals surface area contributed by atoms with Crippen LogP contribution in [-0.2, 0) is 16.6 Å². The maximum atomic E-state index is 12.8. The summed E-state index contributed by atoms with van der Waals surface area (Å²) >= 11 is 0. The lowest BCUT2D eigenvalue weighted by atomic mass is 10.1. The first-order chi connectivity index (χ1) is 14.5. The molecular formula is C19H26N8O3. The number of hydrogen-bond acceptors (Lipinski definition) is 9. The third-order valence-corrected chi connectivity index (χ3v) is 5.46. The van der Waals surface area contributed by atoms with Crippen molar-refractivity contribution < 1.29 is 14.3 Å². The monoisotopic (exact) mass is 414 g/mol. The summed E-state index contributed by atoms with van der Waals surface area (Å²) in [6, 6.07) is 1.80. The average Bonchev–Trinajstić information content (AvgIpc) is 3.10. The summed E-state index contributed by atoms with van der Waals surface area (Å²) in [6.45, 7) is 5.58. The summed E-state index contributed by atoms with van der Waals surface area (Å²) in [5.74, 6) is 0.0772. The van der Waals surface area contributed by atoms with Crippen LogP contribution in [0.3, 0.4) is 0 Å². The van der Waals surface area contributed by atoms with Crippen LogP contribution >= 0.6 is 0 Å². The Morgan fingerprint density at radius 2 is 1.90 bits per heavy atom. The van der Waals surface area contributed by atoms with Gasteiger partial charge in [-0.3, -0.25) is 19.2 Å². The lowest BCUT2D eigenvalue weighted by Gasteiger charge is -2.41. The number of esters is 1. The lowest BCUT2D eigenvalue weighted by molar-refractivity contribution is -0.148. The Bertz CT molecular complexity index is 889. The Labute approximate surface area is 174 Å². The summed E-state index contributed by atoms with van der Waals surface area (Å²) < 4.78 is 6.83. The number of aryl methyl sites for hydroxylation is 1. The van der Waals surface area contributed by atoms with Crippen molar-refractivity contribution in [2.45, 2.75) is 13.0 Å². The maximum absolute atomic E-state index is 12.8. The lowest BCUT2D eigenvalue weighted by Crippen LogP contribution is -2.57. The maximum Gasteiger partial charge on any atom is 0.312 e. The average molecular weight is 414 g/mol. The van der Waals surface area contributed by atoms with E-state index in [2.05, 4.69) is 25.0 Å². The second-order valence-corrected chi connectivity index (χ2v) is 7.54. The zero-order valence-electron chi connectivity index (χ0n) is 17.2. The number of amides is 1. The molecule has 2 aliphatic heterocycles. The van der Waals surface area contributed by atoms with Gasteiger partial charge in [-0.2, -0.15) is 0 Å². The van der Waals surface area contributed by atoms with Crippen LogP contribution in [0.5, 0.6) is 0 Å².